The van der Waals surface area contributed by atoms with Crippen LogP contribution < -0.4 is 0 Å². The number of rotatable bonds is 79. The van der Waals surface area contributed by atoms with E-state index in [1.807, 2.05) is 0 Å². The molecule has 0 fully saturated rings. The van der Waals surface area contributed by atoms with Gasteiger partial charge in [-0.25, -0.2) is 9.13 Å². The molecule has 3 unspecified atom stereocenters. The Morgan fingerprint density at radius 3 is 0.768 bits per heavy atom. The fraction of sp³-hybridized carbons (Fsp3) is 0.950. The van der Waals surface area contributed by atoms with Gasteiger partial charge in [-0.15, -0.1) is 0 Å². The summed E-state index contributed by atoms with van der Waals surface area (Å²) in [7, 11) is -9.92. The lowest BCUT2D eigenvalue weighted by Crippen LogP contribution is -2.30. The maximum absolute atomic E-state index is 13.1. The number of carbonyl (C=O) groups excluding carboxylic acids is 4. The molecule has 0 aromatic carbocycles. The molecule has 3 N–H and O–H groups in total. The van der Waals surface area contributed by atoms with E-state index in [0.29, 0.717) is 25.7 Å². The number of aliphatic hydroxyl groups excluding tert-OH is 1. The molecule has 0 aliphatic rings. The Morgan fingerprint density at radius 2 is 0.515 bits per heavy atom. The molecule has 0 aliphatic heterocycles. The zero-order chi connectivity index (χ0) is 72.8. The first kappa shape index (κ1) is 97.1. The lowest BCUT2D eigenvalue weighted by molar-refractivity contribution is -0.161. The highest BCUT2D eigenvalue weighted by molar-refractivity contribution is 7.47. The van der Waals surface area contributed by atoms with Crippen LogP contribution in [-0.2, 0) is 65.4 Å². The third kappa shape index (κ3) is 72.8. The fourth-order valence-electron chi connectivity index (χ4n) is 12.3. The van der Waals surface area contributed by atoms with Gasteiger partial charge in [0.05, 0.1) is 26.4 Å². The highest BCUT2D eigenvalue weighted by Crippen LogP contribution is 2.45. The molecular weight excluding hydrogens is 1290 g/mol. The number of ether oxygens (including phenoxy) is 4. The van der Waals surface area contributed by atoms with Crippen LogP contribution in [0, 0.1) is 11.8 Å². The van der Waals surface area contributed by atoms with Crippen LogP contribution in [0.25, 0.3) is 0 Å². The summed E-state index contributed by atoms with van der Waals surface area (Å²) in [5.74, 6) is -0.534. The average Bonchev–Trinajstić information content (AvgIpc) is 1.01. The second-order valence-corrected chi connectivity index (χ2v) is 32.4. The van der Waals surface area contributed by atoms with Gasteiger partial charge in [0.15, 0.2) is 12.2 Å². The highest BCUT2D eigenvalue weighted by Gasteiger charge is 2.30. The van der Waals surface area contributed by atoms with Crippen LogP contribution in [-0.4, -0.2) is 96.7 Å². The molecule has 0 saturated heterocycles. The zero-order valence-electron chi connectivity index (χ0n) is 64.8. The third-order valence-corrected chi connectivity index (χ3v) is 21.0. The molecule has 0 spiro atoms. The SMILES string of the molecule is CCCCCCCCCCCCCCCCCCCCCC(=O)O[C@H](COC(=O)CCCCCCCCCCCCCC(C)C)COP(=O)(O)OC[C@@H](O)COP(=O)(O)OC[C@@H](COC(=O)CCCCCCCCCCCCCC)OC(=O)CCCCCCCCCCCCC(C)CC. The van der Waals surface area contributed by atoms with Crippen LogP contribution in [0.4, 0.5) is 0 Å². The van der Waals surface area contributed by atoms with Crippen molar-refractivity contribution in [3.63, 3.8) is 0 Å². The molecule has 0 aliphatic carbocycles. The molecule has 0 rings (SSSR count). The quantitative estimate of drug-likeness (QED) is 0.0222. The Kier molecular flexibility index (Phi) is 70.3. The van der Waals surface area contributed by atoms with Crippen molar-refractivity contribution in [2.75, 3.05) is 39.6 Å². The van der Waals surface area contributed by atoms with Crippen LogP contribution >= 0.6 is 15.6 Å². The molecular formula is C80H156O17P2. The van der Waals surface area contributed by atoms with E-state index in [2.05, 4.69) is 41.5 Å². The van der Waals surface area contributed by atoms with Gasteiger partial charge in [-0.05, 0) is 37.5 Å². The number of phosphoric acid groups is 2. The summed E-state index contributed by atoms with van der Waals surface area (Å²) in [5.41, 5.74) is 0. The molecule has 6 atom stereocenters. The van der Waals surface area contributed by atoms with E-state index in [1.54, 1.807) is 0 Å². The van der Waals surface area contributed by atoms with Crippen LogP contribution in [0.1, 0.15) is 420 Å². The Morgan fingerprint density at radius 1 is 0.293 bits per heavy atom. The van der Waals surface area contributed by atoms with E-state index in [9.17, 15) is 43.2 Å². The van der Waals surface area contributed by atoms with Crippen molar-refractivity contribution < 1.29 is 80.2 Å². The number of carbonyl (C=O) groups is 4. The minimum absolute atomic E-state index is 0.107. The first-order valence-corrected chi connectivity index (χ1v) is 44.5. The molecule has 99 heavy (non-hydrogen) atoms. The molecule has 0 bridgehead atoms. The number of hydrogen-bond acceptors (Lipinski definition) is 15. The lowest BCUT2D eigenvalue weighted by Gasteiger charge is -2.21. The van der Waals surface area contributed by atoms with E-state index in [1.165, 1.54) is 238 Å². The number of esters is 4. The Hall–Kier alpha value is -1.94. The summed E-state index contributed by atoms with van der Waals surface area (Å²) in [6, 6.07) is 0. The number of hydrogen-bond donors (Lipinski definition) is 3. The zero-order valence-corrected chi connectivity index (χ0v) is 66.6. The van der Waals surface area contributed by atoms with Crippen LogP contribution in [0.3, 0.4) is 0 Å². The summed E-state index contributed by atoms with van der Waals surface area (Å²) in [6.07, 6.45) is 60.9. The third-order valence-electron chi connectivity index (χ3n) is 19.1. The highest BCUT2D eigenvalue weighted by atomic mass is 31.2. The van der Waals surface area contributed by atoms with Crippen molar-refractivity contribution in [3.05, 3.63) is 0 Å². The molecule has 0 aromatic rings. The van der Waals surface area contributed by atoms with Crippen molar-refractivity contribution in [1.29, 1.82) is 0 Å². The fourth-order valence-corrected chi connectivity index (χ4v) is 13.9. The average molecular weight is 1450 g/mol. The number of unbranched alkanes of at least 4 members (excludes halogenated alkanes) is 48. The monoisotopic (exact) mass is 1450 g/mol. The van der Waals surface area contributed by atoms with Gasteiger partial charge in [0.2, 0.25) is 0 Å². The molecule has 588 valence electrons. The molecule has 0 aromatic heterocycles. The van der Waals surface area contributed by atoms with Gasteiger partial charge >= 0.3 is 39.5 Å². The van der Waals surface area contributed by atoms with E-state index >= 15 is 0 Å². The summed E-state index contributed by atoms with van der Waals surface area (Å²) in [4.78, 5) is 73.0. The normalized spacial score (nSPS) is 14.2. The van der Waals surface area contributed by atoms with E-state index in [-0.39, 0.29) is 25.7 Å². The van der Waals surface area contributed by atoms with Crippen LogP contribution in [0.15, 0.2) is 0 Å². The molecule has 0 saturated carbocycles. The molecule has 0 amide bonds. The summed E-state index contributed by atoms with van der Waals surface area (Å²) >= 11 is 0. The first-order valence-electron chi connectivity index (χ1n) is 41.5. The Balaban J connectivity index is 5.26. The van der Waals surface area contributed by atoms with Gasteiger partial charge < -0.3 is 33.8 Å². The standard InChI is InChI=1S/C80H156O17P2/c1-7-10-12-14-16-18-20-22-23-24-25-26-27-28-32-40-46-52-58-64-79(84)96-75(68-91-78(83)63-57-51-45-39-33-29-30-36-42-48-54-60-72(4)5)70-94-98(86,87)92-66-74(81)67-93-99(88,89)95-71-76(69-90-77(82)62-56-50-44-38-31-21-19-17-15-13-11-8-2)97-80(85)65-59-53-47-41-35-34-37-43-49-55-61-73(6)9-3/h72-76,81H,7-71H2,1-6H3,(H,86,87)(H,88,89)/t73?,74-,75-,76-/m1/s1. The van der Waals surface area contributed by atoms with Gasteiger partial charge in [0.25, 0.3) is 0 Å². The Bertz CT molecular complexity index is 1910. The predicted octanol–water partition coefficient (Wildman–Crippen LogP) is 23.9. The van der Waals surface area contributed by atoms with Gasteiger partial charge in [-0.3, -0.25) is 37.3 Å². The minimum atomic E-state index is -4.96. The summed E-state index contributed by atoms with van der Waals surface area (Å²) < 4.78 is 68.7. The van der Waals surface area contributed by atoms with Crippen molar-refractivity contribution >= 4 is 39.5 Å². The summed E-state index contributed by atoms with van der Waals surface area (Å²) in [5, 5.41) is 10.6. The van der Waals surface area contributed by atoms with Crippen LogP contribution in [0.5, 0.6) is 0 Å². The topological polar surface area (TPSA) is 237 Å². The summed E-state index contributed by atoms with van der Waals surface area (Å²) in [6.45, 7) is 9.66. The maximum atomic E-state index is 13.1. The van der Waals surface area contributed by atoms with E-state index < -0.39 is 97.5 Å². The smallest absolute Gasteiger partial charge is 0.462 e. The maximum Gasteiger partial charge on any atom is 0.472 e. The van der Waals surface area contributed by atoms with Gasteiger partial charge in [0.1, 0.15) is 19.3 Å². The van der Waals surface area contributed by atoms with Gasteiger partial charge in [0, 0.05) is 25.7 Å². The second kappa shape index (κ2) is 71.7. The lowest BCUT2D eigenvalue weighted by atomic mass is 9.99. The van der Waals surface area contributed by atoms with Crippen molar-refractivity contribution in [1.82, 2.24) is 0 Å². The van der Waals surface area contributed by atoms with Crippen LogP contribution in [0.2, 0.25) is 0 Å². The first-order chi connectivity index (χ1) is 47.9. The molecule has 0 radical (unpaired) electrons. The second-order valence-electron chi connectivity index (χ2n) is 29.5. The Labute approximate surface area is 607 Å². The number of aliphatic hydroxyl groups is 1. The van der Waals surface area contributed by atoms with Crippen molar-refractivity contribution in [2.24, 2.45) is 11.8 Å². The van der Waals surface area contributed by atoms with Crippen molar-refractivity contribution in [2.45, 2.75) is 439 Å². The van der Waals surface area contributed by atoms with Crippen molar-refractivity contribution in [3.8, 4) is 0 Å². The molecule has 0 heterocycles. The van der Waals surface area contributed by atoms with Gasteiger partial charge in [-0.1, -0.05) is 369 Å². The minimum Gasteiger partial charge on any atom is -0.462 e. The molecule has 19 heteroatoms. The van der Waals surface area contributed by atoms with E-state index in [4.69, 9.17) is 37.0 Å². The largest absolute Gasteiger partial charge is 0.472 e. The predicted molar refractivity (Wildman–Crippen MR) is 405 cm³/mol. The molecule has 17 nitrogen and oxygen atoms in total. The van der Waals surface area contributed by atoms with E-state index in [0.717, 1.165) is 102 Å². The van der Waals surface area contributed by atoms with Gasteiger partial charge in [-0.2, -0.15) is 0 Å². The number of phosphoric ester groups is 2.